The van der Waals surface area contributed by atoms with Crippen molar-refractivity contribution in [1.82, 2.24) is 10.2 Å². The Bertz CT molecular complexity index is 301. The van der Waals surface area contributed by atoms with E-state index in [0.29, 0.717) is 5.41 Å². The molecule has 0 bridgehead atoms. The summed E-state index contributed by atoms with van der Waals surface area (Å²) in [6.07, 6.45) is 8.38. The largest absolute Gasteiger partial charge is 0.313 e. The van der Waals surface area contributed by atoms with Crippen LogP contribution in [-0.2, 0) is 10.8 Å². The summed E-state index contributed by atoms with van der Waals surface area (Å²) in [6.45, 7) is 4.57. The summed E-state index contributed by atoms with van der Waals surface area (Å²) >= 11 is 0. The fraction of sp³-hybridized carbons (Fsp3) is 1.00. The van der Waals surface area contributed by atoms with Gasteiger partial charge in [0.15, 0.2) is 0 Å². The van der Waals surface area contributed by atoms with Crippen LogP contribution in [0, 0.1) is 5.41 Å². The monoisotopic (exact) mass is 270 g/mol. The Morgan fingerprint density at radius 3 is 2.44 bits per heavy atom. The molecule has 0 radical (unpaired) electrons. The summed E-state index contributed by atoms with van der Waals surface area (Å²) < 4.78 is 11.4. The Balaban J connectivity index is 1.53. The minimum atomic E-state index is -0.536. The number of hydrogen-bond donors (Lipinski definition) is 1. The predicted octanol–water partition coefficient (Wildman–Crippen LogP) is 1.36. The van der Waals surface area contributed by atoms with Gasteiger partial charge in [-0.2, -0.15) is 0 Å². The molecule has 3 rings (SSSR count). The van der Waals surface area contributed by atoms with Gasteiger partial charge in [-0.05, 0) is 31.1 Å². The van der Waals surface area contributed by atoms with Crippen LogP contribution >= 0.6 is 0 Å². The molecule has 3 nitrogen and oxygen atoms in total. The molecule has 0 aromatic rings. The van der Waals surface area contributed by atoms with Gasteiger partial charge in [-0.15, -0.1) is 0 Å². The molecular formula is C14H26N2OS. The molecular weight excluding hydrogens is 244 g/mol. The average Bonchev–Trinajstić information content (AvgIpc) is 3.10. The first-order chi connectivity index (χ1) is 8.76. The molecule has 18 heavy (non-hydrogen) atoms. The van der Waals surface area contributed by atoms with Crippen LogP contribution in [0.2, 0.25) is 0 Å². The van der Waals surface area contributed by atoms with Gasteiger partial charge in [0.05, 0.1) is 0 Å². The lowest BCUT2D eigenvalue weighted by molar-refractivity contribution is 0.157. The summed E-state index contributed by atoms with van der Waals surface area (Å²) in [6, 6.07) is 0.830. The van der Waals surface area contributed by atoms with Crippen molar-refractivity contribution >= 4 is 10.8 Å². The second-order valence-corrected chi connectivity index (χ2v) is 8.18. The topological polar surface area (TPSA) is 32.3 Å². The van der Waals surface area contributed by atoms with E-state index in [1.54, 1.807) is 0 Å². The third-order valence-electron chi connectivity index (χ3n) is 4.84. The van der Waals surface area contributed by atoms with Gasteiger partial charge in [-0.1, -0.05) is 12.8 Å². The lowest BCUT2D eigenvalue weighted by Crippen LogP contribution is -2.47. The Morgan fingerprint density at radius 2 is 1.83 bits per heavy atom. The maximum atomic E-state index is 11.4. The van der Waals surface area contributed by atoms with E-state index >= 15 is 0 Å². The molecule has 0 amide bonds. The molecule has 0 spiro atoms. The van der Waals surface area contributed by atoms with Gasteiger partial charge in [0, 0.05) is 54.5 Å². The van der Waals surface area contributed by atoms with E-state index in [-0.39, 0.29) is 0 Å². The van der Waals surface area contributed by atoms with E-state index in [0.717, 1.165) is 30.6 Å². The zero-order chi connectivity index (χ0) is 12.4. The van der Waals surface area contributed by atoms with Gasteiger partial charge in [0.25, 0.3) is 0 Å². The summed E-state index contributed by atoms with van der Waals surface area (Å²) in [5.41, 5.74) is 0.529. The van der Waals surface area contributed by atoms with Crippen molar-refractivity contribution in [2.75, 3.05) is 37.7 Å². The molecule has 1 N–H and O–H groups in total. The van der Waals surface area contributed by atoms with Crippen LogP contribution in [-0.4, -0.2) is 52.8 Å². The van der Waals surface area contributed by atoms with Crippen molar-refractivity contribution in [3.05, 3.63) is 0 Å². The van der Waals surface area contributed by atoms with Crippen LogP contribution in [0.3, 0.4) is 0 Å². The predicted molar refractivity (Wildman–Crippen MR) is 76.2 cm³/mol. The lowest BCUT2D eigenvalue weighted by Gasteiger charge is -2.37. The van der Waals surface area contributed by atoms with E-state index in [1.165, 1.54) is 51.6 Å². The molecule has 1 saturated heterocycles. The van der Waals surface area contributed by atoms with Gasteiger partial charge < -0.3 is 10.2 Å². The van der Waals surface area contributed by atoms with Crippen LogP contribution in [0.4, 0.5) is 0 Å². The van der Waals surface area contributed by atoms with Gasteiger partial charge in [0.1, 0.15) is 0 Å². The number of rotatable bonds is 5. The van der Waals surface area contributed by atoms with Crippen molar-refractivity contribution < 1.29 is 4.21 Å². The normalized spacial score (nSPS) is 29.8. The quantitative estimate of drug-likeness (QED) is 0.819. The second-order valence-electron chi connectivity index (χ2n) is 6.49. The van der Waals surface area contributed by atoms with Gasteiger partial charge >= 0.3 is 0 Å². The SMILES string of the molecule is O=S1CCN(CC2(CNC3CC3)CCCC2)CC1. The Kier molecular flexibility index (Phi) is 4.06. The average molecular weight is 270 g/mol. The zero-order valence-corrected chi connectivity index (χ0v) is 12.1. The van der Waals surface area contributed by atoms with Crippen molar-refractivity contribution in [2.24, 2.45) is 5.41 Å². The molecule has 0 unspecified atom stereocenters. The lowest BCUT2D eigenvalue weighted by atomic mass is 9.85. The van der Waals surface area contributed by atoms with E-state index in [2.05, 4.69) is 10.2 Å². The molecule has 1 aliphatic heterocycles. The minimum Gasteiger partial charge on any atom is -0.313 e. The van der Waals surface area contributed by atoms with E-state index in [4.69, 9.17) is 0 Å². The summed E-state index contributed by atoms with van der Waals surface area (Å²) in [4.78, 5) is 2.57. The maximum absolute atomic E-state index is 11.4. The molecule has 0 atom stereocenters. The third kappa shape index (κ3) is 3.34. The summed E-state index contributed by atoms with van der Waals surface area (Å²) in [5.74, 6) is 1.79. The summed E-state index contributed by atoms with van der Waals surface area (Å²) in [7, 11) is -0.536. The van der Waals surface area contributed by atoms with Gasteiger partial charge in [0.2, 0.25) is 0 Å². The highest BCUT2D eigenvalue weighted by Crippen LogP contribution is 2.39. The number of nitrogens with zero attached hydrogens (tertiary/aromatic N) is 1. The van der Waals surface area contributed by atoms with Crippen LogP contribution in [0.5, 0.6) is 0 Å². The van der Waals surface area contributed by atoms with Crippen LogP contribution < -0.4 is 5.32 Å². The number of nitrogens with one attached hydrogen (secondary N) is 1. The zero-order valence-electron chi connectivity index (χ0n) is 11.3. The van der Waals surface area contributed by atoms with Gasteiger partial charge in [-0.25, -0.2) is 0 Å². The van der Waals surface area contributed by atoms with E-state index in [1.807, 2.05) is 0 Å². The summed E-state index contributed by atoms with van der Waals surface area (Å²) in [5, 5.41) is 3.75. The molecule has 0 aromatic heterocycles. The highest BCUT2D eigenvalue weighted by atomic mass is 32.2. The van der Waals surface area contributed by atoms with Crippen LogP contribution in [0.1, 0.15) is 38.5 Å². The molecule has 0 aromatic carbocycles. The smallest absolute Gasteiger partial charge is 0.0363 e. The number of hydrogen-bond acceptors (Lipinski definition) is 3. The molecule has 3 fully saturated rings. The first-order valence-corrected chi connectivity index (χ1v) is 9.05. The minimum absolute atomic E-state index is 0.529. The van der Waals surface area contributed by atoms with Crippen LogP contribution in [0.15, 0.2) is 0 Å². The van der Waals surface area contributed by atoms with E-state index in [9.17, 15) is 4.21 Å². The van der Waals surface area contributed by atoms with Crippen molar-refractivity contribution in [2.45, 2.75) is 44.6 Å². The molecule has 1 heterocycles. The molecule has 4 heteroatoms. The fourth-order valence-corrected chi connectivity index (χ4v) is 4.60. The van der Waals surface area contributed by atoms with Crippen molar-refractivity contribution in [3.8, 4) is 0 Å². The molecule has 2 saturated carbocycles. The second kappa shape index (κ2) is 5.59. The van der Waals surface area contributed by atoms with Crippen molar-refractivity contribution in [1.29, 1.82) is 0 Å². The van der Waals surface area contributed by atoms with E-state index < -0.39 is 10.8 Å². The third-order valence-corrected chi connectivity index (χ3v) is 6.11. The Hall–Kier alpha value is 0.0700. The Labute approximate surface area is 113 Å². The van der Waals surface area contributed by atoms with Crippen molar-refractivity contribution in [3.63, 3.8) is 0 Å². The molecule has 104 valence electrons. The van der Waals surface area contributed by atoms with Crippen LogP contribution in [0.25, 0.3) is 0 Å². The van der Waals surface area contributed by atoms with Gasteiger partial charge in [-0.3, -0.25) is 4.21 Å². The Morgan fingerprint density at radius 1 is 1.17 bits per heavy atom. The highest BCUT2D eigenvalue weighted by molar-refractivity contribution is 7.85. The molecule has 2 aliphatic carbocycles. The fourth-order valence-electron chi connectivity index (χ4n) is 3.47. The highest BCUT2D eigenvalue weighted by Gasteiger charge is 2.37. The standard InChI is InChI=1S/C14H26N2OS/c17-18-9-7-16(8-10-18)12-14(5-1-2-6-14)11-15-13-3-4-13/h13,15H,1-12H2. The first-order valence-electron chi connectivity index (χ1n) is 7.57. The maximum Gasteiger partial charge on any atom is 0.0363 e. The molecule has 3 aliphatic rings. The first kappa shape index (κ1) is 13.1.